The molecule has 0 bridgehead atoms. The van der Waals surface area contributed by atoms with Crippen molar-refractivity contribution in [3.63, 3.8) is 0 Å². The van der Waals surface area contributed by atoms with E-state index in [1.165, 1.54) is 0 Å². The third kappa shape index (κ3) is 4.35. The highest BCUT2D eigenvalue weighted by molar-refractivity contribution is 6.19. The first-order valence-corrected chi connectivity index (χ1v) is 6.50. The predicted molar refractivity (Wildman–Crippen MR) is 72.5 cm³/mol. The van der Waals surface area contributed by atoms with Gasteiger partial charge in [0.1, 0.15) is 0 Å². The molecule has 8 heteroatoms. The first-order chi connectivity index (χ1) is 9.69. The summed E-state index contributed by atoms with van der Waals surface area (Å²) < 4.78 is 39.0. The maximum atomic E-state index is 13.3. The van der Waals surface area contributed by atoms with Crippen molar-refractivity contribution in [2.75, 3.05) is 17.7 Å². The van der Waals surface area contributed by atoms with Crippen molar-refractivity contribution in [3.05, 3.63) is 29.6 Å². The Bertz CT molecular complexity index is 565. The maximum Gasteiger partial charge on any atom is 0.243 e. The maximum absolute atomic E-state index is 13.3. The highest BCUT2D eigenvalue weighted by Crippen LogP contribution is 2.19. The fourth-order valence-corrected chi connectivity index (χ4v) is 1.40. The monoisotopic (exact) mass is 322 g/mol. The van der Waals surface area contributed by atoms with E-state index >= 15 is 0 Å². The van der Waals surface area contributed by atoms with Crippen LogP contribution in [0.4, 0.5) is 18.9 Å². The summed E-state index contributed by atoms with van der Waals surface area (Å²) in [6.07, 6.45) is 0. The Morgan fingerprint density at radius 1 is 1.19 bits per heavy atom. The van der Waals surface area contributed by atoms with E-state index in [0.717, 1.165) is 6.07 Å². The van der Waals surface area contributed by atoms with Gasteiger partial charge in [0, 0.05) is 5.88 Å². The van der Waals surface area contributed by atoms with E-state index in [2.05, 4.69) is 5.32 Å². The zero-order valence-electron chi connectivity index (χ0n) is 11.4. The Labute approximate surface area is 124 Å². The molecule has 0 saturated carbocycles. The van der Waals surface area contributed by atoms with Gasteiger partial charge in [-0.15, -0.1) is 11.6 Å². The minimum absolute atomic E-state index is 0.0538. The number of rotatable bonds is 5. The Morgan fingerprint density at radius 2 is 1.81 bits per heavy atom. The minimum Gasteiger partial charge on any atom is -0.347 e. The number of carbonyl (C=O) groups is 2. The zero-order valence-corrected chi connectivity index (χ0v) is 12.2. The molecule has 21 heavy (non-hydrogen) atoms. The first kappa shape index (κ1) is 17.3. The number of carbonyl (C=O) groups excluding carboxylic acids is 2. The molecule has 0 atom stereocenters. The van der Waals surface area contributed by atoms with Crippen LogP contribution in [0.5, 0.6) is 0 Å². The topological polar surface area (TPSA) is 58.2 Å². The summed E-state index contributed by atoms with van der Waals surface area (Å²) in [5, 5.41) is 4.35. The van der Waals surface area contributed by atoms with Crippen molar-refractivity contribution in [1.29, 1.82) is 0 Å². The first-order valence-electron chi connectivity index (χ1n) is 5.96. The lowest BCUT2D eigenvalue weighted by molar-refractivity contribution is -0.130. The van der Waals surface area contributed by atoms with Crippen molar-refractivity contribution in [2.24, 2.45) is 5.41 Å². The number of nitrogens with one attached hydrogen (secondary N) is 2. The van der Waals surface area contributed by atoms with Crippen LogP contribution in [0.1, 0.15) is 13.8 Å². The standard InChI is InChI=1S/C13H14ClF3N2O2/c1-13(2,6-14)12(21)18-5-9(20)19-8-4-3-7(15)10(16)11(8)17/h3-4H,5-6H2,1-2H3,(H,18,21)(H,19,20). The average Bonchev–Trinajstić information content (AvgIpc) is 2.45. The van der Waals surface area contributed by atoms with Gasteiger partial charge in [0.15, 0.2) is 17.5 Å². The molecule has 0 aliphatic rings. The summed E-state index contributed by atoms with van der Waals surface area (Å²) >= 11 is 5.60. The number of halogens is 4. The van der Waals surface area contributed by atoms with Gasteiger partial charge in [0.05, 0.1) is 17.6 Å². The third-order valence-electron chi connectivity index (χ3n) is 2.67. The van der Waals surface area contributed by atoms with E-state index in [0.29, 0.717) is 6.07 Å². The lowest BCUT2D eigenvalue weighted by Gasteiger charge is -2.20. The second kappa shape index (κ2) is 6.80. The number of anilines is 1. The van der Waals surface area contributed by atoms with Crippen molar-refractivity contribution >= 4 is 29.1 Å². The zero-order chi connectivity index (χ0) is 16.2. The SMILES string of the molecule is CC(C)(CCl)C(=O)NCC(=O)Nc1ccc(F)c(F)c1F. The van der Waals surface area contributed by atoms with Crippen molar-refractivity contribution in [2.45, 2.75) is 13.8 Å². The van der Waals surface area contributed by atoms with E-state index < -0.39 is 46.9 Å². The van der Waals surface area contributed by atoms with E-state index in [1.54, 1.807) is 13.8 Å². The average molecular weight is 323 g/mol. The molecule has 2 amide bonds. The van der Waals surface area contributed by atoms with Crippen LogP contribution in [0.2, 0.25) is 0 Å². The molecule has 0 heterocycles. The lowest BCUT2D eigenvalue weighted by atomic mass is 9.95. The second-order valence-electron chi connectivity index (χ2n) is 4.97. The fourth-order valence-electron chi connectivity index (χ4n) is 1.28. The number of hydrogen-bond donors (Lipinski definition) is 2. The van der Waals surface area contributed by atoms with Gasteiger partial charge >= 0.3 is 0 Å². The van der Waals surface area contributed by atoms with Gasteiger partial charge in [0.25, 0.3) is 0 Å². The number of hydrogen-bond acceptors (Lipinski definition) is 2. The normalized spacial score (nSPS) is 11.1. The Balaban J connectivity index is 2.64. The van der Waals surface area contributed by atoms with Crippen molar-refractivity contribution < 1.29 is 22.8 Å². The summed E-state index contributed by atoms with van der Waals surface area (Å²) in [5.41, 5.74) is -1.38. The predicted octanol–water partition coefficient (Wildman–Crippen LogP) is 2.42. The molecule has 0 aliphatic carbocycles. The van der Waals surface area contributed by atoms with Crippen LogP contribution >= 0.6 is 11.6 Å². The van der Waals surface area contributed by atoms with Crippen LogP contribution < -0.4 is 10.6 Å². The third-order valence-corrected chi connectivity index (χ3v) is 3.34. The molecule has 0 unspecified atom stereocenters. The largest absolute Gasteiger partial charge is 0.347 e. The highest BCUT2D eigenvalue weighted by atomic mass is 35.5. The van der Waals surface area contributed by atoms with Gasteiger partial charge in [-0.25, -0.2) is 13.2 Å². The molecule has 0 saturated heterocycles. The minimum atomic E-state index is -1.68. The molecule has 116 valence electrons. The van der Waals surface area contributed by atoms with E-state index in [-0.39, 0.29) is 5.88 Å². The quantitative estimate of drug-likeness (QED) is 0.646. The Morgan fingerprint density at radius 3 is 2.38 bits per heavy atom. The highest BCUT2D eigenvalue weighted by Gasteiger charge is 2.26. The van der Waals surface area contributed by atoms with Crippen LogP contribution in [-0.4, -0.2) is 24.2 Å². The van der Waals surface area contributed by atoms with Gasteiger partial charge in [-0.05, 0) is 26.0 Å². The molecule has 0 aliphatic heterocycles. The molecule has 1 aromatic carbocycles. The molecule has 4 nitrogen and oxygen atoms in total. The molecule has 0 spiro atoms. The van der Waals surface area contributed by atoms with Crippen LogP contribution in [0.15, 0.2) is 12.1 Å². The number of benzene rings is 1. The van der Waals surface area contributed by atoms with Crippen molar-refractivity contribution in [3.8, 4) is 0 Å². The molecule has 1 aromatic rings. The molecular weight excluding hydrogens is 309 g/mol. The van der Waals surface area contributed by atoms with E-state index in [4.69, 9.17) is 11.6 Å². The van der Waals surface area contributed by atoms with Gasteiger partial charge in [-0.3, -0.25) is 9.59 Å². The molecule has 0 aromatic heterocycles. The summed E-state index contributed by atoms with van der Waals surface area (Å²) in [6.45, 7) is 2.72. The Hall–Kier alpha value is -1.76. The number of alkyl halides is 1. The molecule has 0 fully saturated rings. The van der Waals surface area contributed by atoms with Crippen LogP contribution in [0, 0.1) is 22.9 Å². The van der Waals surface area contributed by atoms with Gasteiger partial charge < -0.3 is 10.6 Å². The van der Waals surface area contributed by atoms with E-state index in [1.807, 2.05) is 5.32 Å². The van der Waals surface area contributed by atoms with Crippen LogP contribution in [-0.2, 0) is 9.59 Å². The summed E-state index contributed by atoms with van der Waals surface area (Å²) in [7, 11) is 0. The summed E-state index contributed by atoms with van der Waals surface area (Å²) in [6, 6.07) is 1.57. The number of amides is 2. The van der Waals surface area contributed by atoms with Gasteiger partial charge in [0.2, 0.25) is 11.8 Å². The molecule has 1 rings (SSSR count). The molecular formula is C13H14ClF3N2O2. The van der Waals surface area contributed by atoms with Gasteiger partial charge in [-0.1, -0.05) is 0 Å². The second-order valence-corrected chi connectivity index (χ2v) is 5.24. The summed E-state index contributed by atoms with van der Waals surface area (Å²) in [5.74, 6) is -5.73. The smallest absolute Gasteiger partial charge is 0.243 e. The van der Waals surface area contributed by atoms with Crippen LogP contribution in [0.25, 0.3) is 0 Å². The molecule has 0 radical (unpaired) electrons. The van der Waals surface area contributed by atoms with Crippen molar-refractivity contribution in [1.82, 2.24) is 5.32 Å². The van der Waals surface area contributed by atoms with Gasteiger partial charge in [-0.2, -0.15) is 0 Å². The summed E-state index contributed by atoms with van der Waals surface area (Å²) in [4.78, 5) is 23.2. The lowest BCUT2D eigenvalue weighted by Crippen LogP contribution is -2.41. The fraction of sp³-hybridized carbons (Fsp3) is 0.385. The van der Waals surface area contributed by atoms with E-state index in [9.17, 15) is 22.8 Å². The van der Waals surface area contributed by atoms with Crippen LogP contribution in [0.3, 0.4) is 0 Å². The molecule has 2 N–H and O–H groups in total. The Kier molecular flexibility index (Phi) is 5.60.